The smallest absolute Gasteiger partial charge is 0.339 e. The van der Waals surface area contributed by atoms with E-state index in [2.05, 4.69) is 10.2 Å². The SMILES string of the molecule is Cn1cnnc1Sc1ccc(C(=O)O[C@H]2CCCCC2=O)cc1[N+](=O)[O-]. The number of hydrogen-bond donors (Lipinski definition) is 0. The predicted octanol–water partition coefficient (Wildman–Crippen LogP) is 2.54. The molecular formula is C16H16N4O5S. The van der Waals surface area contributed by atoms with Gasteiger partial charge in [-0.3, -0.25) is 14.9 Å². The first kappa shape index (κ1) is 18.1. The average Bonchev–Trinajstić information content (AvgIpc) is 3.02. The first-order chi connectivity index (χ1) is 12.5. The van der Waals surface area contributed by atoms with Gasteiger partial charge in [0.15, 0.2) is 17.0 Å². The number of esters is 1. The number of rotatable bonds is 5. The minimum Gasteiger partial charge on any atom is -0.451 e. The molecule has 0 aliphatic heterocycles. The molecular weight excluding hydrogens is 360 g/mol. The minimum atomic E-state index is -0.761. The van der Waals surface area contributed by atoms with Crippen LogP contribution in [-0.2, 0) is 16.6 Å². The average molecular weight is 376 g/mol. The van der Waals surface area contributed by atoms with E-state index in [-0.39, 0.29) is 17.0 Å². The second-order valence-electron chi connectivity index (χ2n) is 5.87. The zero-order valence-electron chi connectivity index (χ0n) is 14.0. The molecule has 0 saturated heterocycles. The van der Waals surface area contributed by atoms with E-state index in [9.17, 15) is 19.7 Å². The molecule has 0 radical (unpaired) electrons. The van der Waals surface area contributed by atoms with Gasteiger partial charge in [-0.2, -0.15) is 0 Å². The van der Waals surface area contributed by atoms with Gasteiger partial charge in [0.25, 0.3) is 5.69 Å². The van der Waals surface area contributed by atoms with Crippen LogP contribution in [0.3, 0.4) is 0 Å². The maximum Gasteiger partial charge on any atom is 0.339 e. The zero-order valence-corrected chi connectivity index (χ0v) is 14.8. The lowest BCUT2D eigenvalue weighted by Gasteiger charge is -2.20. The van der Waals surface area contributed by atoms with Crippen molar-refractivity contribution in [1.82, 2.24) is 14.8 Å². The fraction of sp³-hybridized carbons (Fsp3) is 0.375. The van der Waals surface area contributed by atoms with Crippen molar-refractivity contribution in [2.24, 2.45) is 7.05 Å². The van der Waals surface area contributed by atoms with Crippen LogP contribution in [0, 0.1) is 10.1 Å². The number of nitro benzene ring substituents is 1. The van der Waals surface area contributed by atoms with Crippen molar-refractivity contribution >= 4 is 29.2 Å². The summed E-state index contributed by atoms with van der Waals surface area (Å²) in [5.74, 6) is -0.836. The normalized spacial score (nSPS) is 17.1. The van der Waals surface area contributed by atoms with Crippen molar-refractivity contribution in [1.29, 1.82) is 0 Å². The quantitative estimate of drug-likeness (QED) is 0.444. The largest absolute Gasteiger partial charge is 0.451 e. The number of aromatic nitrogens is 3. The van der Waals surface area contributed by atoms with E-state index in [0.717, 1.165) is 30.7 Å². The molecule has 0 N–H and O–H groups in total. The summed E-state index contributed by atoms with van der Waals surface area (Å²) in [7, 11) is 1.72. The number of carbonyl (C=O) groups is 2. The molecule has 1 fully saturated rings. The van der Waals surface area contributed by atoms with Crippen LogP contribution in [0.4, 0.5) is 5.69 Å². The lowest BCUT2D eigenvalue weighted by atomic mass is 9.96. The zero-order chi connectivity index (χ0) is 18.7. The van der Waals surface area contributed by atoms with Gasteiger partial charge in [-0.05, 0) is 43.2 Å². The van der Waals surface area contributed by atoms with Crippen LogP contribution >= 0.6 is 11.8 Å². The number of ketones is 1. The third kappa shape index (κ3) is 3.90. The topological polar surface area (TPSA) is 117 Å². The Bertz CT molecular complexity index is 866. The highest BCUT2D eigenvalue weighted by molar-refractivity contribution is 7.99. The fourth-order valence-electron chi connectivity index (χ4n) is 2.61. The van der Waals surface area contributed by atoms with Crippen LogP contribution in [0.25, 0.3) is 0 Å². The number of ether oxygens (including phenoxy) is 1. The van der Waals surface area contributed by atoms with Crippen molar-refractivity contribution < 1.29 is 19.2 Å². The van der Waals surface area contributed by atoms with E-state index in [1.165, 1.54) is 18.5 Å². The Labute approximate surface area is 152 Å². The molecule has 0 spiro atoms. The monoisotopic (exact) mass is 376 g/mol. The summed E-state index contributed by atoms with van der Waals surface area (Å²) in [6, 6.07) is 4.08. The Hall–Kier alpha value is -2.75. The maximum atomic E-state index is 12.3. The first-order valence-electron chi connectivity index (χ1n) is 7.99. The molecule has 136 valence electrons. The van der Waals surface area contributed by atoms with Crippen LogP contribution in [0.15, 0.2) is 34.6 Å². The molecule has 1 aromatic carbocycles. The van der Waals surface area contributed by atoms with Crippen molar-refractivity contribution in [3.63, 3.8) is 0 Å². The summed E-state index contributed by atoms with van der Waals surface area (Å²) in [5, 5.41) is 19.5. The van der Waals surface area contributed by atoms with Crippen LogP contribution in [0.5, 0.6) is 0 Å². The van der Waals surface area contributed by atoms with Gasteiger partial charge in [0, 0.05) is 19.5 Å². The molecule has 0 unspecified atom stereocenters. The Balaban J connectivity index is 1.81. The van der Waals surface area contributed by atoms with E-state index in [1.807, 2.05) is 0 Å². The number of nitro groups is 1. The van der Waals surface area contributed by atoms with Gasteiger partial charge in [0.2, 0.25) is 0 Å². The molecule has 10 heteroatoms. The molecule has 1 saturated carbocycles. The molecule has 1 aliphatic rings. The minimum absolute atomic E-state index is 0.0392. The first-order valence-corrected chi connectivity index (χ1v) is 8.81. The maximum absolute atomic E-state index is 12.3. The van der Waals surface area contributed by atoms with Crippen molar-refractivity contribution in [2.45, 2.75) is 41.8 Å². The summed E-state index contributed by atoms with van der Waals surface area (Å²) in [5.41, 5.74) is -0.195. The third-order valence-electron chi connectivity index (χ3n) is 4.01. The van der Waals surface area contributed by atoms with Gasteiger partial charge in [0.05, 0.1) is 15.4 Å². The summed E-state index contributed by atoms with van der Waals surface area (Å²) in [6.45, 7) is 0. The van der Waals surface area contributed by atoms with Crippen LogP contribution < -0.4 is 0 Å². The van der Waals surface area contributed by atoms with Crippen LogP contribution in [-0.4, -0.2) is 37.5 Å². The number of aryl methyl sites for hydroxylation is 1. The predicted molar refractivity (Wildman–Crippen MR) is 90.9 cm³/mol. The summed E-state index contributed by atoms with van der Waals surface area (Å²) >= 11 is 1.07. The van der Waals surface area contributed by atoms with E-state index in [4.69, 9.17) is 4.74 Å². The number of hydrogen-bond acceptors (Lipinski definition) is 8. The lowest BCUT2D eigenvalue weighted by Crippen LogP contribution is -2.30. The molecule has 9 nitrogen and oxygen atoms in total. The summed E-state index contributed by atoms with van der Waals surface area (Å²) < 4.78 is 6.88. The van der Waals surface area contributed by atoms with E-state index in [0.29, 0.717) is 22.9 Å². The van der Waals surface area contributed by atoms with Gasteiger partial charge < -0.3 is 9.30 Å². The van der Waals surface area contributed by atoms with Crippen LogP contribution in [0.2, 0.25) is 0 Å². The molecule has 1 atom stereocenters. The number of carbonyl (C=O) groups excluding carboxylic acids is 2. The Morgan fingerprint density at radius 2 is 2.23 bits per heavy atom. The summed E-state index contributed by atoms with van der Waals surface area (Å²) in [6.07, 6.45) is 3.23. The highest BCUT2D eigenvalue weighted by Crippen LogP contribution is 2.34. The van der Waals surface area contributed by atoms with Gasteiger partial charge in [-0.1, -0.05) is 0 Å². The van der Waals surface area contributed by atoms with Crippen molar-refractivity contribution in [3.8, 4) is 0 Å². The summed E-state index contributed by atoms with van der Waals surface area (Å²) in [4.78, 5) is 35.2. The highest BCUT2D eigenvalue weighted by Gasteiger charge is 2.27. The van der Waals surface area contributed by atoms with Gasteiger partial charge in [-0.25, -0.2) is 4.79 Å². The number of Topliss-reactive ketones (excluding diaryl/α,β-unsaturated/α-hetero) is 1. The van der Waals surface area contributed by atoms with E-state index < -0.39 is 17.0 Å². The van der Waals surface area contributed by atoms with E-state index >= 15 is 0 Å². The Morgan fingerprint density at radius 3 is 2.88 bits per heavy atom. The second-order valence-corrected chi connectivity index (χ2v) is 6.88. The second kappa shape index (κ2) is 7.65. The number of nitrogens with zero attached hydrogens (tertiary/aromatic N) is 4. The molecule has 1 aliphatic carbocycles. The van der Waals surface area contributed by atoms with Gasteiger partial charge in [0.1, 0.15) is 6.33 Å². The molecule has 0 bridgehead atoms. The molecule has 1 aromatic heterocycles. The highest BCUT2D eigenvalue weighted by atomic mass is 32.2. The molecule has 2 aromatic rings. The van der Waals surface area contributed by atoms with Crippen molar-refractivity contribution in [3.05, 3.63) is 40.2 Å². The lowest BCUT2D eigenvalue weighted by molar-refractivity contribution is -0.387. The van der Waals surface area contributed by atoms with E-state index in [1.54, 1.807) is 11.6 Å². The van der Waals surface area contributed by atoms with Crippen LogP contribution in [0.1, 0.15) is 36.0 Å². The van der Waals surface area contributed by atoms with Gasteiger partial charge in [-0.15, -0.1) is 10.2 Å². The standard InChI is InChI=1S/C16H16N4O5S/c1-19-9-17-18-16(19)26-14-7-6-10(8-11(14)20(23)24)15(22)25-13-5-3-2-4-12(13)21/h6-9,13H,2-5H2,1H3/t13-/m0/s1. The number of benzene rings is 1. The molecule has 26 heavy (non-hydrogen) atoms. The Morgan fingerprint density at radius 1 is 1.42 bits per heavy atom. The van der Waals surface area contributed by atoms with Crippen molar-refractivity contribution in [2.75, 3.05) is 0 Å². The Kier molecular flexibility index (Phi) is 5.31. The molecule has 3 rings (SSSR count). The molecule has 0 amide bonds. The third-order valence-corrected chi connectivity index (χ3v) is 5.13. The fourth-order valence-corrected chi connectivity index (χ4v) is 3.46. The van der Waals surface area contributed by atoms with Gasteiger partial charge >= 0.3 is 5.97 Å². The molecule has 1 heterocycles.